The van der Waals surface area contributed by atoms with Gasteiger partial charge in [-0.15, -0.1) is 0 Å². The Kier molecular flexibility index (Phi) is 5.64. The molecule has 1 unspecified atom stereocenters. The van der Waals surface area contributed by atoms with Crippen molar-refractivity contribution in [1.29, 1.82) is 0 Å². The second-order valence-corrected chi connectivity index (χ2v) is 7.07. The van der Waals surface area contributed by atoms with Gasteiger partial charge in [0.25, 0.3) is 0 Å². The number of amides is 1. The molecule has 3 aromatic rings. The molecule has 1 saturated heterocycles. The van der Waals surface area contributed by atoms with Crippen LogP contribution in [0.5, 0.6) is 0 Å². The van der Waals surface area contributed by atoms with Crippen LogP contribution in [-0.4, -0.2) is 39.9 Å². The van der Waals surface area contributed by atoms with E-state index in [2.05, 4.69) is 20.3 Å². The minimum atomic E-state index is -4.61. The molecule has 11 heteroatoms. The number of anilines is 3. The number of nitrogens with zero attached hydrogens (tertiary/aromatic N) is 4. The van der Waals surface area contributed by atoms with Gasteiger partial charge in [0.2, 0.25) is 5.95 Å². The van der Waals surface area contributed by atoms with E-state index >= 15 is 0 Å². The summed E-state index contributed by atoms with van der Waals surface area (Å²) in [6.07, 6.45) is -3.26. The summed E-state index contributed by atoms with van der Waals surface area (Å²) in [5.74, 6) is 0.0937. The summed E-state index contributed by atoms with van der Waals surface area (Å²) in [7, 11) is 0. The van der Waals surface area contributed by atoms with Crippen molar-refractivity contribution in [2.45, 2.75) is 18.6 Å². The summed E-state index contributed by atoms with van der Waals surface area (Å²) >= 11 is 5.97. The smallest absolute Gasteiger partial charge is 0.416 e. The summed E-state index contributed by atoms with van der Waals surface area (Å²) in [6.45, 7) is -0.302. The number of hydrogen-bond acceptors (Lipinski definition) is 6. The van der Waals surface area contributed by atoms with E-state index in [1.54, 1.807) is 36.4 Å². The van der Waals surface area contributed by atoms with Crippen molar-refractivity contribution in [3.05, 3.63) is 59.9 Å². The minimum Gasteiger partial charge on any atom is -0.449 e. The molecule has 7 nitrogen and oxygen atoms in total. The fraction of sp³-hybridized carbons (Fsp3) is 0.200. The first-order valence-electron chi connectivity index (χ1n) is 9.16. The third-order valence-electron chi connectivity index (χ3n) is 4.53. The van der Waals surface area contributed by atoms with Crippen molar-refractivity contribution in [3.8, 4) is 11.3 Å². The van der Waals surface area contributed by atoms with Crippen LogP contribution in [0.3, 0.4) is 0 Å². The van der Waals surface area contributed by atoms with Crippen LogP contribution in [-0.2, 0) is 4.74 Å². The lowest BCUT2D eigenvalue weighted by atomic mass is 10.1. The molecule has 0 aliphatic carbocycles. The van der Waals surface area contributed by atoms with Crippen molar-refractivity contribution < 1.29 is 22.7 Å². The highest BCUT2D eigenvalue weighted by Gasteiger charge is 2.49. The molecule has 31 heavy (non-hydrogen) atoms. The molecule has 0 spiro atoms. The summed E-state index contributed by atoms with van der Waals surface area (Å²) < 4.78 is 45.2. The van der Waals surface area contributed by atoms with Crippen LogP contribution in [0.1, 0.15) is 6.42 Å². The number of aromatic nitrogens is 3. The maximum Gasteiger partial charge on any atom is 0.416 e. The first kappa shape index (κ1) is 20.9. The van der Waals surface area contributed by atoms with E-state index < -0.39 is 18.3 Å². The monoisotopic (exact) mass is 449 g/mol. The number of ether oxygens (including phenoxy) is 1. The highest BCUT2D eigenvalue weighted by Crippen LogP contribution is 2.34. The lowest BCUT2D eigenvalue weighted by Gasteiger charge is -2.35. The van der Waals surface area contributed by atoms with Gasteiger partial charge in [-0.2, -0.15) is 13.2 Å². The van der Waals surface area contributed by atoms with Crippen molar-refractivity contribution in [3.63, 3.8) is 0 Å². The molecule has 4 rings (SSSR count). The van der Waals surface area contributed by atoms with Gasteiger partial charge in [0.05, 0.1) is 12.3 Å². The summed E-state index contributed by atoms with van der Waals surface area (Å²) in [5.41, 5.74) is 1.56. The lowest BCUT2D eigenvalue weighted by Crippen LogP contribution is -2.53. The van der Waals surface area contributed by atoms with Crippen molar-refractivity contribution in [2.24, 2.45) is 0 Å². The molecule has 1 atom stereocenters. The molecule has 1 N–H and O–H groups in total. The molecule has 0 radical (unpaired) electrons. The summed E-state index contributed by atoms with van der Waals surface area (Å²) in [5, 5.41) is 3.55. The third kappa shape index (κ3) is 4.69. The second-order valence-electron chi connectivity index (χ2n) is 6.63. The second kappa shape index (κ2) is 8.38. The average molecular weight is 450 g/mol. The van der Waals surface area contributed by atoms with Crippen LogP contribution in [0.25, 0.3) is 11.3 Å². The number of cyclic esters (lactones) is 1. The van der Waals surface area contributed by atoms with Crippen LogP contribution in [0.4, 0.5) is 35.4 Å². The minimum absolute atomic E-state index is 0.174. The van der Waals surface area contributed by atoms with Gasteiger partial charge in [-0.25, -0.2) is 24.6 Å². The normalized spacial score (nSPS) is 16.7. The zero-order chi connectivity index (χ0) is 22.0. The van der Waals surface area contributed by atoms with Gasteiger partial charge in [0, 0.05) is 35.1 Å². The highest BCUT2D eigenvalue weighted by molar-refractivity contribution is 6.30. The molecule has 160 valence electrons. The number of rotatable bonds is 4. The topological polar surface area (TPSA) is 80.2 Å². The van der Waals surface area contributed by atoms with Gasteiger partial charge in [-0.3, -0.25) is 0 Å². The lowest BCUT2D eigenvalue weighted by molar-refractivity contribution is -0.154. The average Bonchev–Trinajstić information content (AvgIpc) is 2.73. The Hall–Kier alpha value is -3.40. The summed E-state index contributed by atoms with van der Waals surface area (Å²) in [4.78, 5) is 25.1. The maximum absolute atomic E-state index is 13.4. The first-order valence-corrected chi connectivity index (χ1v) is 9.54. The molecule has 1 aromatic carbocycles. The molecule has 2 aromatic heterocycles. The number of pyridine rings is 1. The van der Waals surface area contributed by atoms with Crippen LogP contribution in [0, 0.1) is 0 Å². The zero-order valence-electron chi connectivity index (χ0n) is 15.8. The molecule has 1 aliphatic rings. The Morgan fingerprint density at radius 2 is 1.94 bits per heavy atom. The Morgan fingerprint density at radius 1 is 1.13 bits per heavy atom. The van der Waals surface area contributed by atoms with Gasteiger partial charge in [-0.05, 0) is 36.4 Å². The first-order chi connectivity index (χ1) is 14.8. The summed E-state index contributed by atoms with van der Waals surface area (Å²) in [6, 6.07) is 9.48. The molecular weight excluding hydrogens is 435 g/mol. The molecule has 3 heterocycles. The van der Waals surface area contributed by atoms with Crippen molar-refractivity contribution in [2.75, 3.05) is 16.8 Å². The number of carbonyl (C=O) groups is 1. The van der Waals surface area contributed by atoms with Gasteiger partial charge in [0.1, 0.15) is 11.9 Å². The number of alkyl halides is 3. The quantitative estimate of drug-likeness (QED) is 0.588. The van der Waals surface area contributed by atoms with Crippen LogP contribution < -0.4 is 10.2 Å². The Bertz CT molecular complexity index is 1110. The molecule has 0 saturated carbocycles. The number of nitrogens with one attached hydrogen (secondary N) is 1. The Balaban J connectivity index is 1.64. The van der Waals surface area contributed by atoms with E-state index in [0.717, 1.165) is 0 Å². The highest BCUT2D eigenvalue weighted by atomic mass is 35.5. The van der Waals surface area contributed by atoms with Gasteiger partial charge in [-0.1, -0.05) is 17.7 Å². The van der Waals surface area contributed by atoms with Crippen LogP contribution in [0.2, 0.25) is 5.02 Å². The van der Waals surface area contributed by atoms with Gasteiger partial charge < -0.3 is 10.1 Å². The van der Waals surface area contributed by atoms with E-state index in [9.17, 15) is 18.0 Å². The van der Waals surface area contributed by atoms with E-state index in [-0.39, 0.29) is 24.8 Å². The predicted octanol–water partition coefficient (Wildman–Crippen LogP) is 5.21. The molecule has 1 amide bonds. The van der Waals surface area contributed by atoms with Gasteiger partial charge in [0.15, 0.2) is 0 Å². The van der Waals surface area contributed by atoms with E-state index in [1.165, 1.54) is 18.5 Å². The fourth-order valence-electron chi connectivity index (χ4n) is 3.13. The molecule has 1 aliphatic heterocycles. The van der Waals surface area contributed by atoms with Crippen molar-refractivity contribution in [1.82, 2.24) is 15.0 Å². The molecular formula is C20H15ClF3N5O2. The standard InChI is InChI=1S/C20H15ClF3N5O2/c21-13-2-1-3-14(11-13)27-18-26-8-5-15(28-18)12-4-7-25-17(10-12)29-16(20(22,23)24)6-9-31-19(29)30/h1-5,7-8,10-11,16H,6,9H2,(H,26,27,28). The SMILES string of the molecule is O=C1OCCC(C(F)(F)F)N1c1cc(-c2ccnc(Nc3cccc(Cl)c3)n2)ccn1. The van der Waals surface area contributed by atoms with Crippen molar-refractivity contribution >= 4 is 35.1 Å². The largest absolute Gasteiger partial charge is 0.449 e. The predicted molar refractivity (Wildman–Crippen MR) is 108 cm³/mol. The zero-order valence-corrected chi connectivity index (χ0v) is 16.6. The number of carbonyl (C=O) groups excluding carboxylic acids is 1. The molecule has 0 bridgehead atoms. The molecule has 1 fully saturated rings. The maximum atomic E-state index is 13.4. The third-order valence-corrected chi connectivity index (χ3v) is 4.76. The number of benzene rings is 1. The number of hydrogen-bond donors (Lipinski definition) is 1. The number of halogens is 4. The van der Waals surface area contributed by atoms with Crippen LogP contribution >= 0.6 is 11.6 Å². The van der Waals surface area contributed by atoms with Gasteiger partial charge >= 0.3 is 12.3 Å². The van der Waals surface area contributed by atoms with E-state index in [0.29, 0.717) is 26.9 Å². The van der Waals surface area contributed by atoms with E-state index in [1.807, 2.05) is 0 Å². The Morgan fingerprint density at radius 3 is 2.71 bits per heavy atom. The Labute approximate surface area is 179 Å². The fourth-order valence-corrected chi connectivity index (χ4v) is 3.32. The van der Waals surface area contributed by atoms with Crippen LogP contribution in [0.15, 0.2) is 54.9 Å². The van der Waals surface area contributed by atoms with E-state index in [4.69, 9.17) is 16.3 Å².